The highest BCUT2D eigenvalue weighted by Crippen LogP contribution is 2.19. The third-order valence-electron chi connectivity index (χ3n) is 12.9. The van der Waals surface area contributed by atoms with Crippen LogP contribution in [0.4, 0.5) is 0 Å². The fourth-order valence-corrected chi connectivity index (χ4v) is 11.3. The van der Waals surface area contributed by atoms with Gasteiger partial charge in [-0.25, -0.2) is 0 Å². The van der Waals surface area contributed by atoms with Gasteiger partial charge in [0.1, 0.15) is 17.3 Å². The first-order chi connectivity index (χ1) is 29.3. The van der Waals surface area contributed by atoms with Crippen molar-refractivity contribution in [3.05, 3.63) is 0 Å². The molecule has 60 heavy (non-hydrogen) atoms. The van der Waals surface area contributed by atoms with E-state index < -0.39 is 10.4 Å². The molecule has 0 aliphatic heterocycles. The average molecular weight is 891 g/mol. The summed E-state index contributed by atoms with van der Waals surface area (Å²) in [6.45, 7) is 6.96. The van der Waals surface area contributed by atoms with Crippen LogP contribution in [-0.4, -0.2) is 34.8 Å². The van der Waals surface area contributed by atoms with Gasteiger partial charge in [-0.2, -0.15) is 8.42 Å². The zero-order valence-corrected chi connectivity index (χ0v) is 43.2. The molecule has 0 aliphatic carbocycles. The third kappa shape index (κ3) is 64.8. The molecule has 0 saturated heterocycles. The summed E-state index contributed by atoms with van der Waals surface area (Å²) in [7, 11) is -3.94. The van der Waals surface area contributed by atoms with E-state index in [1.807, 2.05) is 0 Å². The summed E-state index contributed by atoms with van der Waals surface area (Å²) in [5.41, 5.74) is 0. The van der Waals surface area contributed by atoms with Crippen molar-refractivity contribution >= 4 is 21.3 Å². The van der Waals surface area contributed by atoms with Gasteiger partial charge in [0.25, 0.3) is 0 Å². The van der Waals surface area contributed by atoms with Crippen molar-refractivity contribution in [2.24, 2.45) is 0 Å². The van der Waals surface area contributed by atoms with Crippen LogP contribution in [-0.2, 0) is 21.3 Å². The summed E-state index contributed by atoms with van der Waals surface area (Å²) in [6.07, 6.45) is 71.3. The lowest BCUT2D eigenvalue weighted by Crippen LogP contribution is -2.17. The minimum absolute atomic E-state index is 0.723. The lowest BCUT2D eigenvalue weighted by Gasteiger charge is -2.10. The van der Waals surface area contributed by atoms with Crippen LogP contribution in [0.2, 0.25) is 0 Å². The molecular formula is C54H113O4S2+. The van der Waals surface area contributed by atoms with Crippen molar-refractivity contribution in [1.82, 2.24) is 0 Å². The van der Waals surface area contributed by atoms with Crippen molar-refractivity contribution in [1.29, 1.82) is 0 Å². The highest BCUT2D eigenvalue weighted by atomic mass is 32.3. The van der Waals surface area contributed by atoms with E-state index in [1.54, 1.807) is 17.3 Å². The second kappa shape index (κ2) is 55.4. The normalized spacial score (nSPS) is 11.8. The van der Waals surface area contributed by atoms with E-state index in [-0.39, 0.29) is 0 Å². The Bertz CT molecular complexity index is 757. The minimum Gasteiger partial charge on any atom is -0.264 e. The van der Waals surface area contributed by atoms with Crippen molar-refractivity contribution in [3.63, 3.8) is 0 Å². The summed E-state index contributed by atoms with van der Waals surface area (Å²) < 4.78 is 31.6. The molecule has 0 rings (SSSR count). The summed E-state index contributed by atoms with van der Waals surface area (Å²) in [5, 5.41) is 0. The molecule has 2 N–H and O–H groups in total. The third-order valence-corrected chi connectivity index (χ3v) is 15.5. The molecule has 6 heteroatoms. The molecule has 364 valence electrons. The van der Waals surface area contributed by atoms with Crippen LogP contribution in [0, 0.1) is 0 Å². The first-order valence-corrected chi connectivity index (χ1v) is 30.8. The molecule has 0 amide bonds. The zero-order valence-electron chi connectivity index (χ0n) is 41.6. The first-order valence-electron chi connectivity index (χ1n) is 27.7. The van der Waals surface area contributed by atoms with Crippen LogP contribution in [0.5, 0.6) is 0 Å². The average Bonchev–Trinajstić information content (AvgIpc) is 3.22. The molecule has 0 radical (unpaired) electrons. The van der Waals surface area contributed by atoms with Crippen molar-refractivity contribution in [2.75, 3.05) is 17.3 Å². The van der Waals surface area contributed by atoms with Gasteiger partial charge in [0.2, 0.25) is 0 Å². The molecule has 4 nitrogen and oxygen atoms in total. The molecule has 0 atom stereocenters. The molecule has 0 saturated carbocycles. The predicted octanol–water partition coefficient (Wildman–Crippen LogP) is 19.7. The fraction of sp³-hybridized carbons (Fsp3) is 1.00. The summed E-state index contributed by atoms with van der Waals surface area (Å²) in [6, 6.07) is 0. The maximum absolute atomic E-state index is 8.74. The Morgan fingerprint density at radius 3 is 0.450 bits per heavy atom. The molecule has 0 heterocycles. The van der Waals surface area contributed by atoms with Crippen LogP contribution >= 0.6 is 0 Å². The number of hydrogen-bond donors (Lipinski definition) is 2. The van der Waals surface area contributed by atoms with Gasteiger partial charge in [-0.05, 0) is 49.4 Å². The van der Waals surface area contributed by atoms with Gasteiger partial charge in [0.15, 0.2) is 0 Å². The van der Waals surface area contributed by atoms with E-state index in [0.717, 1.165) is 10.9 Å². The molecule has 0 spiro atoms. The topological polar surface area (TPSA) is 74.6 Å². The van der Waals surface area contributed by atoms with Crippen LogP contribution in [0.15, 0.2) is 0 Å². The smallest absolute Gasteiger partial charge is 0.264 e. The molecule has 0 fully saturated rings. The predicted molar refractivity (Wildman–Crippen MR) is 275 cm³/mol. The van der Waals surface area contributed by atoms with Crippen LogP contribution in [0.3, 0.4) is 0 Å². The molecule has 0 aromatic rings. The molecule has 0 unspecified atom stereocenters. The minimum atomic E-state index is -4.67. The maximum atomic E-state index is 8.74. The maximum Gasteiger partial charge on any atom is 0.394 e. The first kappa shape index (κ1) is 62.3. The van der Waals surface area contributed by atoms with Crippen molar-refractivity contribution in [3.8, 4) is 0 Å². The Morgan fingerprint density at radius 1 is 0.233 bits per heavy atom. The summed E-state index contributed by atoms with van der Waals surface area (Å²) in [5.74, 6) is 4.70. The van der Waals surface area contributed by atoms with Crippen LogP contribution < -0.4 is 0 Å². The van der Waals surface area contributed by atoms with Gasteiger partial charge >= 0.3 is 10.4 Å². The van der Waals surface area contributed by atoms with Crippen molar-refractivity contribution < 1.29 is 17.5 Å². The Morgan fingerprint density at radius 2 is 0.333 bits per heavy atom. The molecule has 0 bridgehead atoms. The van der Waals surface area contributed by atoms with E-state index in [4.69, 9.17) is 17.5 Å². The highest BCUT2D eigenvalue weighted by Gasteiger charge is 2.16. The van der Waals surface area contributed by atoms with E-state index in [2.05, 4.69) is 20.8 Å². The van der Waals surface area contributed by atoms with Gasteiger partial charge in [0, 0.05) is 0 Å². The number of unbranched alkanes of at least 4 members (excludes halogenated alkanes) is 45. The standard InChI is InChI=1S/C54H111S.H2O4S/c1-4-7-10-13-16-19-22-25-28-31-34-37-40-43-46-49-52-55(53-50-47-44-41-38-35-32-29-26-23-20-17-14-11-8-5-2)54-51-48-45-42-39-36-33-30-27-24-21-18-15-12-9-6-3;1-5(2,3)4/h4-54H2,1-3H3;(H2,1,2,3,4)/q+1;. The lowest BCUT2D eigenvalue weighted by molar-refractivity contribution is 0.381. The van der Waals surface area contributed by atoms with Gasteiger partial charge in [-0.3, -0.25) is 9.11 Å². The second-order valence-corrected chi connectivity index (χ2v) is 22.4. The van der Waals surface area contributed by atoms with E-state index in [9.17, 15) is 0 Å². The molecular weight excluding hydrogens is 777 g/mol. The van der Waals surface area contributed by atoms with Crippen molar-refractivity contribution in [2.45, 2.75) is 329 Å². The molecule has 0 aromatic carbocycles. The SMILES string of the molecule is CCCCCCCCCCCCCCCCCC[S+](CCCCCCCCCCCCCCCCCC)CCCCCCCCCCCCCCCCCC.O=S(=O)(O)O. The van der Waals surface area contributed by atoms with Crippen LogP contribution in [0.25, 0.3) is 0 Å². The molecule has 0 aliphatic rings. The largest absolute Gasteiger partial charge is 0.394 e. The van der Waals surface area contributed by atoms with E-state index >= 15 is 0 Å². The lowest BCUT2D eigenvalue weighted by atomic mass is 10.0. The van der Waals surface area contributed by atoms with Gasteiger partial charge in [-0.1, -0.05) is 290 Å². The van der Waals surface area contributed by atoms with Gasteiger partial charge in [-0.15, -0.1) is 0 Å². The zero-order chi connectivity index (χ0) is 44.1. The Labute approximate surface area is 383 Å². The quantitative estimate of drug-likeness (QED) is 0.0362. The van der Waals surface area contributed by atoms with Gasteiger partial charge in [0.05, 0.1) is 0 Å². The fourth-order valence-electron chi connectivity index (χ4n) is 8.87. The Hall–Kier alpha value is 0.220. The second-order valence-electron chi connectivity index (χ2n) is 19.1. The summed E-state index contributed by atoms with van der Waals surface area (Å²) in [4.78, 5) is 0. The highest BCUT2D eigenvalue weighted by molar-refractivity contribution is 7.96. The monoisotopic (exact) mass is 890 g/mol. The number of hydrogen-bond acceptors (Lipinski definition) is 2. The van der Waals surface area contributed by atoms with E-state index in [0.29, 0.717) is 0 Å². The van der Waals surface area contributed by atoms with Gasteiger partial charge < -0.3 is 0 Å². The van der Waals surface area contributed by atoms with E-state index in [1.165, 1.54) is 308 Å². The Kier molecular flexibility index (Phi) is 57.5. The Balaban J connectivity index is 0. The summed E-state index contributed by atoms with van der Waals surface area (Å²) >= 11 is 0. The van der Waals surface area contributed by atoms with Crippen LogP contribution in [0.1, 0.15) is 329 Å². The number of rotatable bonds is 51. The molecule has 0 aromatic heterocycles.